The highest BCUT2D eigenvalue weighted by Crippen LogP contribution is 2.25. The molecule has 17 heavy (non-hydrogen) atoms. The van der Waals surface area contributed by atoms with Gasteiger partial charge in [-0.05, 0) is 12.3 Å². The molecule has 1 saturated heterocycles. The van der Waals surface area contributed by atoms with Gasteiger partial charge in [-0.1, -0.05) is 32.1 Å². The Labute approximate surface area is 106 Å². The molecule has 100 valence electrons. The molecule has 2 fully saturated rings. The van der Waals surface area contributed by atoms with Crippen molar-refractivity contribution in [3.05, 3.63) is 0 Å². The third-order valence-corrected chi connectivity index (χ3v) is 4.16. The van der Waals surface area contributed by atoms with E-state index in [1.165, 1.54) is 51.6 Å². The largest absolute Gasteiger partial charge is 0.380 e. The summed E-state index contributed by atoms with van der Waals surface area (Å²) in [5.41, 5.74) is 0. The van der Waals surface area contributed by atoms with Crippen molar-refractivity contribution in [3.63, 3.8) is 0 Å². The van der Waals surface area contributed by atoms with Crippen LogP contribution in [0.2, 0.25) is 0 Å². The molecule has 1 heterocycles. The van der Waals surface area contributed by atoms with Crippen molar-refractivity contribution in [1.82, 2.24) is 10.2 Å². The Bertz CT molecular complexity index is 167. The van der Waals surface area contributed by atoms with Gasteiger partial charge in [0.15, 0.2) is 0 Å². The molecule has 3 nitrogen and oxygen atoms in total. The SMILES string of the molecule is C1CCC(CCOCCN2CCNCC2)CC1. The van der Waals surface area contributed by atoms with E-state index in [1.807, 2.05) is 0 Å². The van der Waals surface area contributed by atoms with Crippen LogP contribution in [0.1, 0.15) is 38.5 Å². The van der Waals surface area contributed by atoms with Crippen LogP contribution in [0.15, 0.2) is 0 Å². The molecule has 0 radical (unpaired) electrons. The average molecular weight is 240 g/mol. The standard InChI is InChI=1S/C14H28N2O/c1-2-4-14(5-3-1)6-12-17-13-11-16-9-7-15-8-10-16/h14-15H,1-13H2. The lowest BCUT2D eigenvalue weighted by Crippen LogP contribution is -2.44. The molecular weight excluding hydrogens is 212 g/mol. The second kappa shape index (κ2) is 8.06. The van der Waals surface area contributed by atoms with Crippen molar-refractivity contribution in [2.45, 2.75) is 38.5 Å². The lowest BCUT2D eigenvalue weighted by atomic mass is 9.87. The van der Waals surface area contributed by atoms with Gasteiger partial charge in [-0.3, -0.25) is 4.90 Å². The van der Waals surface area contributed by atoms with Crippen LogP contribution < -0.4 is 5.32 Å². The van der Waals surface area contributed by atoms with Crippen LogP contribution in [0.5, 0.6) is 0 Å². The average Bonchev–Trinajstić information content (AvgIpc) is 2.41. The molecule has 1 aliphatic carbocycles. The van der Waals surface area contributed by atoms with Crippen LogP contribution in [-0.2, 0) is 4.74 Å². The minimum Gasteiger partial charge on any atom is -0.380 e. The Morgan fingerprint density at radius 2 is 1.76 bits per heavy atom. The summed E-state index contributed by atoms with van der Waals surface area (Å²) in [6.45, 7) is 7.68. The molecule has 1 saturated carbocycles. The normalized spacial score (nSPS) is 24.0. The molecule has 0 bridgehead atoms. The first-order valence-electron chi connectivity index (χ1n) is 7.46. The second-order valence-corrected chi connectivity index (χ2v) is 5.50. The van der Waals surface area contributed by atoms with Crippen molar-refractivity contribution in [2.24, 2.45) is 5.92 Å². The van der Waals surface area contributed by atoms with Gasteiger partial charge in [0.05, 0.1) is 6.61 Å². The molecule has 0 spiro atoms. The van der Waals surface area contributed by atoms with Crippen molar-refractivity contribution in [3.8, 4) is 0 Å². The molecule has 0 unspecified atom stereocenters. The number of piperazine rings is 1. The van der Waals surface area contributed by atoms with Crippen molar-refractivity contribution in [2.75, 3.05) is 45.9 Å². The highest BCUT2D eigenvalue weighted by Gasteiger charge is 2.13. The Kier molecular flexibility index (Phi) is 6.32. The van der Waals surface area contributed by atoms with Gasteiger partial charge in [0.1, 0.15) is 0 Å². The van der Waals surface area contributed by atoms with E-state index in [0.29, 0.717) is 0 Å². The highest BCUT2D eigenvalue weighted by atomic mass is 16.5. The van der Waals surface area contributed by atoms with Crippen molar-refractivity contribution in [1.29, 1.82) is 0 Å². The van der Waals surface area contributed by atoms with Gasteiger partial charge in [-0.15, -0.1) is 0 Å². The molecule has 2 rings (SSSR count). The van der Waals surface area contributed by atoms with E-state index >= 15 is 0 Å². The summed E-state index contributed by atoms with van der Waals surface area (Å²) in [6.07, 6.45) is 8.54. The van der Waals surface area contributed by atoms with E-state index in [-0.39, 0.29) is 0 Å². The maximum atomic E-state index is 5.78. The molecule has 0 atom stereocenters. The van der Waals surface area contributed by atoms with E-state index in [2.05, 4.69) is 10.2 Å². The fourth-order valence-electron chi connectivity index (χ4n) is 2.96. The summed E-state index contributed by atoms with van der Waals surface area (Å²) in [6, 6.07) is 0. The van der Waals surface area contributed by atoms with Gasteiger partial charge in [0, 0.05) is 39.3 Å². The maximum absolute atomic E-state index is 5.78. The van der Waals surface area contributed by atoms with E-state index < -0.39 is 0 Å². The maximum Gasteiger partial charge on any atom is 0.0593 e. The first kappa shape index (κ1) is 13.3. The Morgan fingerprint density at radius 3 is 2.53 bits per heavy atom. The zero-order valence-electron chi connectivity index (χ0n) is 11.1. The van der Waals surface area contributed by atoms with Gasteiger partial charge >= 0.3 is 0 Å². The number of rotatable bonds is 6. The number of ether oxygens (including phenoxy) is 1. The zero-order valence-corrected chi connectivity index (χ0v) is 11.1. The summed E-state index contributed by atoms with van der Waals surface area (Å²) < 4.78 is 5.78. The number of hydrogen-bond donors (Lipinski definition) is 1. The van der Waals surface area contributed by atoms with Gasteiger partial charge in [0.2, 0.25) is 0 Å². The first-order valence-corrected chi connectivity index (χ1v) is 7.46. The molecule has 2 aliphatic rings. The monoisotopic (exact) mass is 240 g/mol. The number of hydrogen-bond acceptors (Lipinski definition) is 3. The minimum absolute atomic E-state index is 0.923. The smallest absolute Gasteiger partial charge is 0.0593 e. The number of nitrogens with zero attached hydrogens (tertiary/aromatic N) is 1. The topological polar surface area (TPSA) is 24.5 Å². The molecule has 1 aliphatic heterocycles. The molecule has 3 heteroatoms. The van der Waals surface area contributed by atoms with Crippen molar-refractivity contribution >= 4 is 0 Å². The van der Waals surface area contributed by atoms with Crippen LogP contribution >= 0.6 is 0 Å². The van der Waals surface area contributed by atoms with Crippen LogP contribution in [0.25, 0.3) is 0 Å². The lowest BCUT2D eigenvalue weighted by Gasteiger charge is -2.27. The Morgan fingerprint density at radius 1 is 1.00 bits per heavy atom. The molecule has 0 aromatic heterocycles. The quantitative estimate of drug-likeness (QED) is 0.717. The van der Waals surface area contributed by atoms with E-state index in [9.17, 15) is 0 Å². The summed E-state index contributed by atoms with van der Waals surface area (Å²) in [4.78, 5) is 2.50. The summed E-state index contributed by atoms with van der Waals surface area (Å²) in [5, 5.41) is 3.38. The Hall–Kier alpha value is -0.120. The van der Waals surface area contributed by atoms with Crippen LogP contribution in [-0.4, -0.2) is 50.8 Å². The number of nitrogens with one attached hydrogen (secondary N) is 1. The molecule has 0 amide bonds. The molecule has 0 aromatic carbocycles. The minimum atomic E-state index is 0.923. The zero-order chi connectivity index (χ0) is 11.8. The van der Waals surface area contributed by atoms with Gasteiger partial charge < -0.3 is 10.1 Å². The van der Waals surface area contributed by atoms with Gasteiger partial charge in [-0.25, -0.2) is 0 Å². The third-order valence-electron chi connectivity index (χ3n) is 4.16. The molecular formula is C14H28N2O. The summed E-state index contributed by atoms with van der Waals surface area (Å²) in [7, 11) is 0. The lowest BCUT2D eigenvalue weighted by molar-refractivity contribution is 0.0860. The predicted octanol–water partition coefficient (Wildman–Crippen LogP) is 1.88. The van der Waals surface area contributed by atoms with E-state index in [4.69, 9.17) is 4.74 Å². The fourth-order valence-corrected chi connectivity index (χ4v) is 2.96. The highest BCUT2D eigenvalue weighted by molar-refractivity contribution is 4.67. The predicted molar refractivity (Wildman–Crippen MR) is 71.3 cm³/mol. The van der Waals surface area contributed by atoms with E-state index in [1.54, 1.807) is 0 Å². The second-order valence-electron chi connectivity index (χ2n) is 5.50. The van der Waals surface area contributed by atoms with Crippen molar-refractivity contribution < 1.29 is 4.74 Å². The molecule has 1 N–H and O–H groups in total. The molecule has 0 aromatic rings. The van der Waals surface area contributed by atoms with Gasteiger partial charge in [0.25, 0.3) is 0 Å². The Balaban J connectivity index is 1.42. The first-order chi connectivity index (χ1) is 8.45. The third kappa shape index (κ3) is 5.36. The summed E-state index contributed by atoms with van der Waals surface area (Å²) >= 11 is 0. The van der Waals surface area contributed by atoms with Crippen LogP contribution in [0.4, 0.5) is 0 Å². The van der Waals surface area contributed by atoms with Crippen LogP contribution in [0.3, 0.4) is 0 Å². The van der Waals surface area contributed by atoms with Gasteiger partial charge in [-0.2, -0.15) is 0 Å². The fraction of sp³-hybridized carbons (Fsp3) is 1.00. The van der Waals surface area contributed by atoms with E-state index in [0.717, 1.165) is 38.8 Å². The summed E-state index contributed by atoms with van der Waals surface area (Å²) in [5.74, 6) is 0.961. The van der Waals surface area contributed by atoms with Crippen LogP contribution in [0, 0.1) is 5.92 Å².